The van der Waals surface area contributed by atoms with Gasteiger partial charge in [0.15, 0.2) is 0 Å². The van der Waals surface area contributed by atoms with Crippen LogP contribution in [0.2, 0.25) is 0 Å². The first-order valence-corrected chi connectivity index (χ1v) is 17.4. The Morgan fingerprint density at radius 2 is 1.04 bits per heavy atom. The molecule has 6 rings (SSSR count). The Morgan fingerprint density at radius 1 is 0.655 bits per heavy atom. The molecule has 15 nitrogen and oxygen atoms in total. The molecule has 282 valence electrons. The van der Waals surface area contributed by atoms with Crippen molar-refractivity contribution in [2.24, 2.45) is 11.8 Å². The number of carbonyl (C=O) groups excluding carboxylic acids is 1. The van der Waals surface area contributed by atoms with Crippen LogP contribution >= 0.6 is 24.1 Å². The van der Waals surface area contributed by atoms with E-state index in [1.807, 2.05) is 117 Å². The van der Waals surface area contributed by atoms with Crippen LogP contribution in [0.5, 0.6) is 0 Å². The fourth-order valence-electron chi connectivity index (χ4n) is 5.07. The molecular formula is C37H37N6NaO9S2. The number of aryl methyl sites for hydroxylation is 2. The van der Waals surface area contributed by atoms with E-state index in [-0.39, 0.29) is 53.8 Å². The zero-order valence-corrected chi connectivity index (χ0v) is 34.0. The van der Waals surface area contributed by atoms with Gasteiger partial charge in [0.05, 0.1) is 78.2 Å². The standard InChI is InChI=1S/C19H19N3O4S.C18H17N3O4S.Na.H2O/c1-13-3-5-14(6-4-13)18-11-15(12-19(23)24-2)21-22(18)16-7-9-17(10-8-16)27-26-25-20;1-12-2-4-13(5-3-12)17-10-14(11-18(22)23)20-21(17)15-6-8-16(9-7-15)26-25-24-19;;/h3-11H,12,20H2,1-2H3;2-10H,11,19H2,1H3,(H,22,23);;1H2/q;;+1;/p-1. The van der Waals surface area contributed by atoms with E-state index in [2.05, 4.69) is 28.8 Å². The van der Waals surface area contributed by atoms with Gasteiger partial charge in [-0.15, -0.1) is 18.6 Å². The molecule has 55 heavy (non-hydrogen) atoms. The van der Waals surface area contributed by atoms with Gasteiger partial charge in [-0.3, -0.25) is 9.59 Å². The number of esters is 1. The van der Waals surface area contributed by atoms with E-state index in [1.165, 1.54) is 12.7 Å². The summed E-state index contributed by atoms with van der Waals surface area (Å²) in [6.45, 7) is 4.05. The molecule has 0 saturated heterocycles. The van der Waals surface area contributed by atoms with E-state index in [0.29, 0.717) is 11.4 Å². The van der Waals surface area contributed by atoms with Crippen LogP contribution in [0.1, 0.15) is 22.5 Å². The van der Waals surface area contributed by atoms with Crippen LogP contribution in [0.15, 0.2) is 119 Å². The van der Waals surface area contributed by atoms with Crippen molar-refractivity contribution in [1.29, 1.82) is 0 Å². The summed E-state index contributed by atoms with van der Waals surface area (Å²) in [6.07, 6.45) is -0.0283. The van der Waals surface area contributed by atoms with E-state index in [1.54, 1.807) is 15.4 Å². The molecule has 0 spiro atoms. The molecule has 18 heteroatoms. The molecule has 0 radical (unpaired) electrons. The van der Waals surface area contributed by atoms with Crippen LogP contribution in [0.4, 0.5) is 0 Å². The van der Waals surface area contributed by atoms with Gasteiger partial charge in [-0.25, -0.2) is 9.36 Å². The minimum Gasteiger partial charge on any atom is -0.870 e. The van der Waals surface area contributed by atoms with E-state index >= 15 is 0 Å². The summed E-state index contributed by atoms with van der Waals surface area (Å²) in [6, 6.07) is 34.7. The first-order chi connectivity index (χ1) is 25.7. The first kappa shape index (κ1) is 45.1. The van der Waals surface area contributed by atoms with Crippen molar-refractivity contribution in [3.8, 4) is 33.9 Å². The Hall–Kier alpha value is -4.34. The summed E-state index contributed by atoms with van der Waals surface area (Å²) >= 11 is 1.99. The van der Waals surface area contributed by atoms with Crippen LogP contribution in [-0.4, -0.2) is 49.2 Å². The molecule has 6 aromatic rings. The predicted octanol–water partition coefficient (Wildman–Crippen LogP) is 3.52. The zero-order valence-electron chi connectivity index (χ0n) is 30.3. The maximum Gasteiger partial charge on any atom is 1.00 e. The van der Waals surface area contributed by atoms with Gasteiger partial charge in [-0.1, -0.05) is 59.7 Å². The Morgan fingerprint density at radius 3 is 1.38 bits per heavy atom. The molecule has 2 aromatic heterocycles. The van der Waals surface area contributed by atoms with Crippen molar-refractivity contribution >= 4 is 36.0 Å². The Bertz CT molecular complexity index is 2110. The summed E-state index contributed by atoms with van der Waals surface area (Å²) in [7, 11) is 1.36. The third-order valence-corrected chi connectivity index (χ3v) is 8.82. The van der Waals surface area contributed by atoms with Crippen molar-refractivity contribution in [2.45, 2.75) is 36.5 Å². The molecule has 6 N–H and O–H groups in total. The number of nitrogens with zero attached hydrogens (tertiary/aromatic N) is 4. The van der Waals surface area contributed by atoms with E-state index in [0.717, 1.165) is 73.3 Å². The van der Waals surface area contributed by atoms with Crippen molar-refractivity contribution in [2.75, 3.05) is 7.11 Å². The van der Waals surface area contributed by atoms with Gasteiger partial charge in [0, 0.05) is 20.9 Å². The summed E-state index contributed by atoms with van der Waals surface area (Å²) in [5.74, 6) is 8.43. The minimum absolute atomic E-state index is 0. The molecule has 0 fully saturated rings. The summed E-state index contributed by atoms with van der Waals surface area (Å²) < 4.78 is 17.6. The second-order valence-corrected chi connectivity index (χ2v) is 13.0. The van der Waals surface area contributed by atoms with Crippen molar-refractivity contribution in [3.63, 3.8) is 0 Å². The third-order valence-electron chi connectivity index (χ3n) is 7.60. The van der Waals surface area contributed by atoms with Crippen LogP contribution in [0.3, 0.4) is 0 Å². The fourth-order valence-corrected chi connectivity index (χ4v) is 5.80. The SMILES string of the molecule is COC(=O)Cc1cc(-c2ccc(C)cc2)n(-c2ccc(SOON)cc2)n1.Cc1ccc(-c2cc(CC(=O)O)nn2-c2ccc(SOON)cc2)cc1.[Na+].[OH-]. The van der Waals surface area contributed by atoms with Gasteiger partial charge in [0.25, 0.3) is 0 Å². The number of carboxylic acid groups (broad SMARTS) is 1. The van der Waals surface area contributed by atoms with Gasteiger partial charge < -0.3 is 15.3 Å². The summed E-state index contributed by atoms with van der Waals surface area (Å²) in [4.78, 5) is 32.5. The number of aliphatic carboxylic acids is 1. The number of benzene rings is 4. The normalized spacial score (nSPS) is 10.4. The van der Waals surface area contributed by atoms with E-state index < -0.39 is 5.97 Å². The molecule has 2 heterocycles. The minimum atomic E-state index is -0.921. The number of carboxylic acids is 1. The van der Waals surface area contributed by atoms with Crippen LogP contribution in [0.25, 0.3) is 33.9 Å². The van der Waals surface area contributed by atoms with Gasteiger partial charge >= 0.3 is 41.5 Å². The van der Waals surface area contributed by atoms with Crippen LogP contribution < -0.4 is 41.4 Å². The Labute approximate surface area is 347 Å². The largest absolute Gasteiger partial charge is 1.00 e. The molecule has 0 saturated carbocycles. The summed E-state index contributed by atoms with van der Waals surface area (Å²) in [5.41, 5.74) is 8.76. The number of hydrogen-bond acceptors (Lipinski definition) is 14. The molecule has 0 aliphatic heterocycles. The molecule has 0 unspecified atom stereocenters. The topological polar surface area (TPSA) is 218 Å². The second-order valence-electron chi connectivity index (χ2n) is 11.4. The number of aromatic nitrogens is 4. The quantitative estimate of drug-likeness (QED) is 0.0472. The Kier molecular flexibility index (Phi) is 18.2. The van der Waals surface area contributed by atoms with E-state index in [9.17, 15) is 9.59 Å². The smallest absolute Gasteiger partial charge is 0.870 e. The number of hydrogen-bond donors (Lipinski definition) is 3. The molecule has 0 amide bonds. The molecular weight excluding hydrogens is 760 g/mol. The average Bonchev–Trinajstić information content (AvgIpc) is 3.78. The number of nitrogens with two attached hydrogens (primary N) is 2. The van der Waals surface area contributed by atoms with E-state index in [4.69, 9.17) is 21.6 Å². The number of ether oxygens (including phenoxy) is 1. The summed E-state index contributed by atoms with van der Waals surface area (Å²) in [5, 5.41) is 18.1. The third kappa shape index (κ3) is 12.9. The number of rotatable bonds is 14. The molecule has 0 aliphatic carbocycles. The zero-order chi connectivity index (χ0) is 37.7. The molecule has 0 aliphatic rings. The van der Waals surface area contributed by atoms with Crippen LogP contribution in [-0.2, 0) is 45.8 Å². The maximum absolute atomic E-state index is 11.7. The molecule has 0 atom stereocenters. The number of carbonyl (C=O) groups is 2. The average molecular weight is 797 g/mol. The van der Waals surface area contributed by atoms with Crippen LogP contribution in [0, 0.1) is 13.8 Å². The van der Waals surface area contributed by atoms with Gasteiger partial charge in [0.2, 0.25) is 0 Å². The molecule has 4 aromatic carbocycles. The predicted molar refractivity (Wildman–Crippen MR) is 201 cm³/mol. The number of methoxy groups -OCH3 is 1. The fraction of sp³-hybridized carbons (Fsp3) is 0.135. The first-order valence-electron chi connectivity index (χ1n) is 15.9. The Balaban J connectivity index is 0.000000285. The monoisotopic (exact) mass is 796 g/mol. The van der Waals surface area contributed by atoms with Gasteiger partial charge in [-0.2, -0.15) is 22.0 Å². The second kappa shape index (κ2) is 22.3. The molecule has 0 bridgehead atoms. The maximum atomic E-state index is 11.7. The van der Waals surface area contributed by atoms with Crippen molar-refractivity contribution < 1.29 is 73.1 Å². The van der Waals surface area contributed by atoms with Gasteiger partial charge in [0.1, 0.15) is 0 Å². The van der Waals surface area contributed by atoms with Crippen molar-refractivity contribution in [1.82, 2.24) is 19.6 Å². The van der Waals surface area contributed by atoms with Crippen molar-refractivity contribution in [3.05, 3.63) is 132 Å². The van der Waals surface area contributed by atoms with Gasteiger partial charge in [-0.05, 0) is 74.5 Å².